The van der Waals surface area contributed by atoms with Crippen LogP contribution in [0.5, 0.6) is 0 Å². The van der Waals surface area contributed by atoms with Crippen molar-refractivity contribution in [2.75, 3.05) is 93.2 Å². The molecule has 1 aromatic heterocycles. The maximum atomic E-state index is 12.0. The van der Waals surface area contributed by atoms with Crippen molar-refractivity contribution in [2.45, 2.75) is 0 Å². The number of aromatic nitrogens is 3. The van der Waals surface area contributed by atoms with Gasteiger partial charge >= 0.3 is 0 Å². The van der Waals surface area contributed by atoms with Gasteiger partial charge in [0.2, 0.25) is 35.6 Å². The second-order valence-electron chi connectivity index (χ2n) is 8.78. The number of amides is 3. The Kier molecular flexibility index (Phi) is 7.81. The summed E-state index contributed by atoms with van der Waals surface area (Å²) in [7, 11) is 0. The van der Waals surface area contributed by atoms with Crippen LogP contribution in [0, 0.1) is 0 Å². The van der Waals surface area contributed by atoms with Crippen molar-refractivity contribution in [3.05, 3.63) is 38.0 Å². The van der Waals surface area contributed by atoms with Gasteiger partial charge in [0.05, 0.1) is 0 Å². The number of carbonyl (C=O) groups excluding carboxylic acids is 3. The van der Waals surface area contributed by atoms with Crippen LogP contribution in [0.1, 0.15) is 0 Å². The molecule has 0 N–H and O–H groups in total. The number of hydrogen-bond acceptors (Lipinski definition) is 9. The molecule has 0 atom stereocenters. The van der Waals surface area contributed by atoms with E-state index in [0.717, 1.165) is 0 Å². The molecule has 12 nitrogen and oxygen atoms in total. The smallest absolute Gasteiger partial charge is 0.246 e. The molecule has 0 saturated carbocycles. The molecule has 0 aliphatic carbocycles. The van der Waals surface area contributed by atoms with Gasteiger partial charge in [-0.1, -0.05) is 19.7 Å². The van der Waals surface area contributed by atoms with E-state index in [1.54, 1.807) is 14.7 Å². The molecule has 3 fully saturated rings. The molecule has 0 unspecified atom stereocenters. The van der Waals surface area contributed by atoms with Crippen molar-refractivity contribution in [2.24, 2.45) is 0 Å². The largest absolute Gasteiger partial charge is 0.337 e. The Labute approximate surface area is 211 Å². The van der Waals surface area contributed by atoms with E-state index in [9.17, 15) is 14.4 Å². The standard InChI is InChI=1S/C24H33N9O3/c1-4-19(34)28-7-13-31(14-8-28)22-25-23(32-15-9-29(10-16-32)20(35)5-2)27-24(26-22)33-17-11-30(12-18-33)21(36)6-3/h4-6H,1-3,7-18H2. The zero-order valence-corrected chi connectivity index (χ0v) is 20.6. The molecule has 3 amide bonds. The van der Waals surface area contributed by atoms with Gasteiger partial charge in [0.25, 0.3) is 0 Å². The molecule has 0 bridgehead atoms. The maximum Gasteiger partial charge on any atom is 0.246 e. The number of nitrogens with zero attached hydrogens (tertiary/aromatic N) is 9. The van der Waals surface area contributed by atoms with Gasteiger partial charge in [-0.25, -0.2) is 0 Å². The Morgan fingerprint density at radius 3 is 0.889 bits per heavy atom. The second kappa shape index (κ2) is 11.2. The first-order valence-corrected chi connectivity index (χ1v) is 12.2. The fourth-order valence-electron chi connectivity index (χ4n) is 4.54. The van der Waals surface area contributed by atoms with Crippen LogP contribution in [-0.4, -0.2) is 126 Å². The highest BCUT2D eigenvalue weighted by Gasteiger charge is 2.28. The Bertz CT molecular complexity index is 881. The third-order valence-corrected chi connectivity index (χ3v) is 6.75. The van der Waals surface area contributed by atoms with E-state index >= 15 is 0 Å². The summed E-state index contributed by atoms with van der Waals surface area (Å²) in [5.41, 5.74) is 0. The highest BCUT2D eigenvalue weighted by atomic mass is 16.2. The van der Waals surface area contributed by atoms with Crippen molar-refractivity contribution in [1.82, 2.24) is 29.7 Å². The number of carbonyl (C=O) groups is 3. The topological polar surface area (TPSA) is 109 Å². The average Bonchev–Trinajstić information content (AvgIpc) is 2.95. The van der Waals surface area contributed by atoms with Crippen LogP contribution in [0.4, 0.5) is 17.8 Å². The van der Waals surface area contributed by atoms with Gasteiger partial charge < -0.3 is 29.4 Å². The molecule has 12 heteroatoms. The fourth-order valence-corrected chi connectivity index (χ4v) is 4.54. The molecule has 0 radical (unpaired) electrons. The Balaban J connectivity index is 1.54. The Hall–Kier alpha value is -3.96. The monoisotopic (exact) mass is 495 g/mol. The molecule has 3 aliphatic rings. The summed E-state index contributed by atoms with van der Waals surface area (Å²) in [5.74, 6) is 1.46. The summed E-state index contributed by atoms with van der Waals surface area (Å²) in [6.07, 6.45) is 4.01. The van der Waals surface area contributed by atoms with Crippen molar-refractivity contribution in [1.29, 1.82) is 0 Å². The summed E-state index contributed by atoms with van der Waals surface area (Å²) in [5, 5.41) is 0. The lowest BCUT2D eigenvalue weighted by Gasteiger charge is -2.38. The van der Waals surface area contributed by atoms with Crippen LogP contribution >= 0.6 is 0 Å². The first kappa shape index (κ1) is 25.1. The van der Waals surface area contributed by atoms with Crippen LogP contribution in [0.15, 0.2) is 38.0 Å². The lowest BCUT2D eigenvalue weighted by molar-refractivity contribution is -0.127. The van der Waals surface area contributed by atoms with Gasteiger partial charge in [0.15, 0.2) is 0 Å². The highest BCUT2D eigenvalue weighted by molar-refractivity contribution is 5.88. The Morgan fingerprint density at radius 2 is 0.694 bits per heavy atom. The minimum Gasteiger partial charge on any atom is -0.337 e. The van der Waals surface area contributed by atoms with Crippen molar-refractivity contribution in [3.8, 4) is 0 Å². The first-order valence-electron chi connectivity index (χ1n) is 12.2. The zero-order chi connectivity index (χ0) is 25.7. The third kappa shape index (κ3) is 5.47. The normalized spacial score (nSPS) is 18.7. The number of anilines is 3. The molecule has 0 aromatic carbocycles. The molecule has 4 rings (SSSR count). The van der Waals surface area contributed by atoms with E-state index in [0.29, 0.717) is 96.4 Å². The highest BCUT2D eigenvalue weighted by Crippen LogP contribution is 2.22. The summed E-state index contributed by atoms with van der Waals surface area (Å²) in [6, 6.07) is 0. The summed E-state index contributed by atoms with van der Waals surface area (Å²) in [6.45, 7) is 17.7. The number of hydrogen-bond donors (Lipinski definition) is 0. The van der Waals surface area contributed by atoms with E-state index in [-0.39, 0.29) is 17.7 Å². The minimum absolute atomic E-state index is 0.0782. The Morgan fingerprint density at radius 1 is 0.472 bits per heavy atom. The zero-order valence-electron chi connectivity index (χ0n) is 20.6. The third-order valence-electron chi connectivity index (χ3n) is 6.75. The quantitative estimate of drug-likeness (QED) is 0.477. The molecule has 3 aliphatic heterocycles. The molecule has 36 heavy (non-hydrogen) atoms. The summed E-state index contributed by atoms with van der Waals surface area (Å²) < 4.78 is 0. The number of piperazine rings is 3. The molecular weight excluding hydrogens is 462 g/mol. The lowest BCUT2D eigenvalue weighted by Crippen LogP contribution is -2.51. The van der Waals surface area contributed by atoms with E-state index in [1.165, 1.54) is 18.2 Å². The van der Waals surface area contributed by atoms with E-state index in [2.05, 4.69) is 34.4 Å². The van der Waals surface area contributed by atoms with Gasteiger partial charge in [-0.15, -0.1) is 0 Å². The minimum atomic E-state index is -0.0782. The van der Waals surface area contributed by atoms with Gasteiger partial charge in [-0.2, -0.15) is 15.0 Å². The summed E-state index contributed by atoms with van der Waals surface area (Å²) >= 11 is 0. The fraction of sp³-hybridized carbons (Fsp3) is 0.500. The van der Waals surface area contributed by atoms with Gasteiger partial charge in [-0.3, -0.25) is 14.4 Å². The molecular formula is C24H33N9O3. The van der Waals surface area contributed by atoms with Crippen LogP contribution in [-0.2, 0) is 14.4 Å². The van der Waals surface area contributed by atoms with Crippen molar-refractivity contribution in [3.63, 3.8) is 0 Å². The van der Waals surface area contributed by atoms with Crippen molar-refractivity contribution < 1.29 is 14.4 Å². The van der Waals surface area contributed by atoms with E-state index in [1.807, 2.05) is 0 Å². The molecule has 1 aromatic rings. The van der Waals surface area contributed by atoms with Gasteiger partial charge in [0.1, 0.15) is 0 Å². The second-order valence-corrected chi connectivity index (χ2v) is 8.78. The van der Waals surface area contributed by atoms with Crippen LogP contribution in [0.25, 0.3) is 0 Å². The van der Waals surface area contributed by atoms with Gasteiger partial charge in [-0.05, 0) is 18.2 Å². The molecule has 192 valence electrons. The van der Waals surface area contributed by atoms with E-state index in [4.69, 9.17) is 15.0 Å². The predicted molar refractivity (Wildman–Crippen MR) is 137 cm³/mol. The van der Waals surface area contributed by atoms with Crippen LogP contribution in [0.2, 0.25) is 0 Å². The average molecular weight is 496 g/mol. The van der Waals surface area contributed by atoms with Crippen molar-refractivity contribution >= 4 is 35.6 Å². The maximum absolute atomic E-state index is 12.0. The lowest BCUT2D eigenvalue weighted by atomic mass is 10.3. The van der Waals surface area contributed by atoms with Crippen LogP contribution < -0.4 is 14.7 Å². The molecule has 3 saturated heterocycles. The first-order chi connectivity index (χ1) is 17.4. The summed E-state index contributed by atoms with van der Waals surface area (Å²) in [4.78, 5) is 61.8. The van der Waals surface area contributed by atoms with Gasteiger partial charge in [0, 0.05) is 78.5 Å². The molecule has 4 heterocycles. The SMILES string of the molecule is C=CC(=O)N1CCN(c2nc(N3CCN(C(=O)C=C)CC3)nc(N3CCN(C(=O)C=C)CC3)n2)CC1. The number of rotatable bonds is 6. The predicted octanol–water partition coefficient (Wildman–Crippen LogP) is -0.625. The van der Waals surface area contributed by atoms with Crippen LogP contribution in [0.3, 0.4) is 0 Å². The molecule has 0 spiro atoms. The van der Waals surface area contributed by atoms with E-state index < -0.39 is 0 Å².